The lowest BCUT2D eigenvalue weighted by Crippen LogP contribution is -2.65. The van der Waals surface area contributed by atoms with E-state index in [9.17, 15) is 35.9 Å². The molecule has 3 saturated heterocycles. The van der Waals surface area contributed by atoms with Crippen molar-refractivity contribution in [3.05, 3.63) is 107 Å². The van der Waals surface area contributed by atoms with Gasteiger partial charge >= 0.3 is 12.4 Å². The van der Waals surface area contributed by atoms with Gasteiger partial charge in [0.25, 0.3) is 5.91 Å². The van der Waals surface area contributed by atoms with E-state index in [-0.39, 0.29) is 30.5 Å². The number of piperidine rings is 1. The molecule has 262 valence electrons. The molecule has 3 atom stereocenters. The third-order valence-corrected chi connectivity index (χ3v) is 10.3. The minimum atomic E-state index is -5.04. The number of likely N-dealkylation sites (tertiary alicyclic amines) is 2. The number of nitrogens with zero attached hydrogens (tertiary/aromatic N) is 4. The predicted molar refractivity (Wildman–Crippen MR) is 173 cm³/mol. The maximum Gasteiger partial charge on any atom is 0.416 e. The van der Waals surface area contributed by atoms with Gasteiger partial charge in [0.05, 0.1) is 17.0 Å². The first kappa shape index (κ1) is 34.9. The maximum absolute atomic E-state index is 13.7. The van der Waals surface area contributed by atoms with Crippen molar-refractivity contribution >= 4 is 11.8 Å². The molecule has 12 heteroatoms. The van der Waals surface area contributed by atoms with E-state index >= 15 is 0 Å². The first-order chi connectivity index (χ1) is 23.3. The van der Waals surface area contributed by atoms with Gasteiger partial charge in [0.2, 0.25) is 5.91 Å². The van der Waals surface area contributed by atoms with Gasteiger partial charge in [0.15, 0.2) is 0 Å². The highest BCUT2D eigenvalue weighted by molar-refractivity contribution is 5.95. The number of hydrogen-bond acceptors (Lipinski definition) is 4. The lowest BCUT2D eigenvalue weighted by atomic mass is 9.90. The van der Waals surface area contributed by atoms with Crippen LogP contribution in [0.1, 0.15) is 58.3 Å². The van der Waals surface area contributed by atoms with Crippen LogP contribution < -0.4 is 0 Å². The molecular weight excluding hydrogens is 646 g/mol. The predicted octanol–water partition coefficient (Wildman–Crippen LogP) is 6.57. The number of piperazine rings is 1. The molecule has 0 aromatic heterocycles. The SMILES string of the molecule is C[C@@H](C(=O)N1CC(N2CCN([C@H]3CCN(C(=O)c4cc(C(F)(F)F)cc(C(F)(F)F)c4)[C@H](Cc4ccccc4)C3)CC2)C1)c1ccccc1. The largest absolute Gasteiger partial charge is 0.416 e. The Labute approximate surface area is 282 Å². The molecule has 6 rings (SSSR count). The summed E-state index contributed by atoms with van der Waals surface area (Å²) in [6, 6.07) is 20.3. The minimum Gasteiger partial charge on any atom is -0.339 e. The van der Waals surface area contributed by atoms with Gasteiger partial charge in [-0.2, -0.15) is 26.3 Å². The first-order valence-electron chi connectivity index (χ1n) is 16.7. The van der Waals surface area contributed by atoms with Gasteiger partial charge in [-0.3, -0.25) is 19.4 Å². The Balaban J connectivity index is 1.10. The zero-order valence-corrected chi connectivity index (χ0v) is 27.3. The molecule has 49 heavy (non-hydrogen) atoms. The molecule has 3 heterocycles. The molecule has 3 aromatic carbocycles. The normalized spacial score (nSPS) is 22.1. The summed E-state index contributed by atoms with van der Waals surface area (Å²) in [4.78, 5) is 35.0. The molecule has 0 N–H and O–H groups in total. The zero-order chi connectivity index (χ0) is 34.9. The highest BCUT2D eigenvalue weighted by Gasteiger charge is 2.42. The van der Waals surface area contributed by atoms with Crippen molar-refractivity contribution in [3.8, 4) is 0 Å². The molecule has 0 saturated carbocycles. The maximum atomic E-state index is 13.7. The number of amides is 2. The lowest BCUT2D eigenvalue weighted by molar-refractivity contribution is -0.143. The second kappa shape index (κ2) is 14.1. The number of carbonyl (C=O) groups excluding carboxylic acids is 2. The second-order valence-corrected chi connectivity index (χ2v) is 13.4. The van der Waals surface area contributed by atoms with Gasteiger partial charge < -0.3 is 9.80 Å². The molecule has 0 radical (unpaired) electrons. The van der Waals surface area contributed by atoms with Gasteiger partial charge in [0.1, 0.15) is 0 Å². The Morgan fingerprint density at radius 1 is 0.735 bits per heavy atom. The standard InChI is InChI=1S/C37H40F6N4O2/c1-25(27-10-6-3-7-11-27)34(48)46-23-33(24-46)45-16-14-44(15-17-45)31-12-13-47(32(22-31)18-26-8-4-2-5-9-26)35(49)28-19-29(36(38,39)40)21-30(20-28)37(41,42)43/h2-11,19-21,25,31-33H,12-18,22-24H2,1H3/t25-,31+,32-/m1/s1. The molecule has 0 bridgehead atoms. The fraction of sp³-hybridized carbons (Fsp3) is 0.459. The van der Waals surface area contributed by atoms with Gasteiger partial charge in [-0.05, 0) is 55.5 Å². The van der Waals surface area contributed by atoms with E-state index in [4.69, 9.17) is 0 Å². The van der Waals surface area contributed by atoms with Crippen LogP contribution in [0, 0.1) is 0 Å². The zero-order valence-electron chi connectivity index (χ0n) is 27.3. The average Bonchev–Trinajstić information content (AvgIpc) is 3.07. The van der Waals surface area contributed by atoms with Crippen molar-refractivity contribution in [1.82, 2.24) is 19.6 Å². The number of rotatable bonds is 7. The highest BCUT2D eigenvalue weighted by atomic mass is 19.4. The molecule has 3 aromatic rings. The summed E-state index contributed by atoms with van der Waals surface area (Å²) in [5.74, 6) is -0.890. The van der Waals surface area contributed by atoms with Gasteiger partial charge in [-0.15, -0.1) is 0 Å². The summed E-state index contributed by atoms with van der Waals surface area (Å²) in [7, 11) is 0. The Bertz CT molecular complexity index is 1570. The van der Waals surface area contributed by atoms with Crippen LogP contribution in [0.25, 0.3) is 0 Å². The molecule has 0 spiro atoms. The Morgan fingerprint density at radius 2 is 1.27 bits per heavy atom. The van der Waals surface area contributed by atoms with Crippen molar-refractivity contribution < 1.29 is 35.9 Å². The van der Waals surface area contributed by atoms with Crippen LogP contribution in [0.2, 0.25) is 0 Å². The second-order valence-electron chi connectivity index (χ2n) is 13.4. The van der Waals surface area contributed by atoms with Crippen LogP contribution in [-0.2, 0) is 23.6 Å². The van der Waals surface area contributed by atoms with Crippen molar-refractivity contribution in [2.24, 2.45) is 0 Å². The lowest BCUT2D eigenvalue weighted by Gasteiger charge is -2.51. The summed E-state index contributed by atoms with van der Waals surface area (Å²) in [5, 5.41) is 0. The topological polar surface area (TPSA) is 47.1 Å². The molecule has 2 amide bonds. The van der Waals surface area contributed by atoms with Gasteiger partial charge in [-0.1, -0.05) is 60.7 Å². The highest BCUT2D eigenvalue weighted by Crippen LogP contribution is 2.37. The number of benzene rings is 3. The van der Waals surface area contributed by atoms with Crippen LogP contribution >= 0.6 is 0 Å². The molecular formula is C37H40F6N4O2. The summed E-state index contributed by atoms with van der Waals surface area (Å²) < 4.78 is 81.6. The average molecular weight is 687 g/mol. The van der Waals surface area contributed by atoms with Crippen molar-refractivity contribution in [2.45, 2.75) is 62.6 Å². The number of carbonyl (C=O) groups is 2. The number of alkyl halides is 6. The molecule has 3 aliphatic heterocycles. The fourth-order valence-corrected chi connectivity index (χ4v) is 7.44. The third-order valence-electron chi connectivity index (χ3n) is 10.3. The Kier molecular flexibility index (Phi) is 10.1. The van der Waals surface area contributed by atoms with E-state index in [2.05, 4.69) is 9.80 Å². The van der Waals surface area contributed by atoms with Crippen molar-refractivity contribution in [1.29, 1.82) is 0 Å². The van der Waals surface area contributed by atoms with Gasteiger partial charge in [-0.25, -0.2) is 0 Å². The Morgan fingerprint density at radius 3 is 1.82 bits per heavy atom. The summed E-state index contributed by atoms with van der Waals surface area (Å²) >= 11 is 0. The van der Waals surface area contributed by atoms with Gasteiger partial charge in [0, 0.05) is 69.5 Å². The molecule has 3 fully saturated rings. The van der Waals surface area contributed by atoms with E-state index in [0.717, 1.165) is 37.3 Å². The molecule has 0 aliphatic carbocycles. The summed E-state index contributed by atoms with van der Waals surface area (Å²) in [6.45, 7) is 6.80. The quantitative estimate of drug-likeness (QED) is 0.264. The number of hydrogen-bond donors (Lipinski definition) is 0. The van der Waals surface area contributed by atoms with Crippen LogP contribution in [0.3, 0.4) is 0 Å². The smallest absolute Gasteiger partial charge is 0.339 e. The molecule has 0 unspecified atom stereocenters. The minimum absolute atomic E-state index is 0.0500. The van der Waals surface area contributed by atoms with Crippen LogP contribution in [0.5, 0.6) is 0 Å². The van der Waals surface area contributed by atoms with Crippen molar-refractivity contribution in [3.63, 3.8) is 0 Å². The van der Waals surface area contributed by atoms with Crippen LogP contribution in [-0.4, -0.2) is 95.4 Å². The number of halogens is 6. The van der Waals surface area contributed by atoms with E-state index in [1.165, 1.54) is 4.90 Å². The van der Waals surface area contributed by atoms with Crippen LogP contribution in [0.15, 0.2) is 78.9 Å². The molecule has 6 nitrogen and oxygen atoms in total. The van der Waals surface area contributed by atoms with E-state index < -0.39 is 41.0 Å². The van der Waals surface area contributed by atoms with E-state index in [1.807, 2.05) is 72.5 Å². The monoisotopic (exact) mass is 686 g/mol. The van der Waals surface area contributed by atoms with Crippen molar-refractivity contribution in [2.75, 3.05) is 45.8 Å². The van der Waals surface area contributed by atoms with E-state index in [0.29, 0.717) is 50.5 Å². The first-order valence-corrected chi connectivity index (χ1v) is 16.7. The van der Waals surface area contributed by atoms with Crippen LogP contribution in [0.4, 0.5) is 26.3 Å². The fourth-order valence-electron chi connectivity index (χ4n) is 7.44. The summed E-state index contributed by atoms with van der Waals surface area (Å²) in [6.07, 6.45) is -8.53. The summed E-state index contributed by atoms with van der Waals surface area (Å²) in [5.41, 5.74) is -1.67. The molecule has 3 aliphatic rings. The Hall–Kier alpha value is -3.90. The third kappa shape index (κ3) is 7.96. The van der Waals surface area contributed by atoms with E-state index in [1.54, 1.807) is 0 Å².